The number of nitrogens with zero attached hydrogens (tertiary/aromatic N) is 3. The van der Waals surface area contributed by atoms with Crippen molar-refractivity contribution in [1.82, 2.24) is 25.4 Å². The topological polar surface area (TPSA) is 98.1 Å². The first-order valence-corrected chi connectivity index (χ1v) is 9.65. The minimum absolute atomic E-state index is 0.0372. The average Bonchev–Trinajstić information content (AvgIpc) is 3.01. The third-order valence-electron chi connectivity index (χ3n) is 3.45. The summed E-state index contributed by atoms with van der Waals surface area (Å²) in [6.07, 6.45) is 1.73. The van der Waals surface area contributed by atoms with E-state index in [0.29, 0.717) is 17.5 Å². The summed E-state index contributed by atoms with van der Waals surface area (Å²) in [5, 5.41) is 14.0. The van der Waals surface area contributed by atoms with Gasteiger partial charge in [0.25, 0.3) is 0 Å². The van der Waals surface area contributed by atoms with Gasteiger partial charge < -0.3 is 10.1 Å². The lowest BCUT2D eigenvalue weighted by atomic mass is 10.1. The lowest BCUT2D eigenvalue weighted by molar-refractivity contribution is -0.117. The molecule has 2 rings (SSSR count). The number of methoxy groups -OCH3 is 1. The lowest BCUT2D eigenvalue weighted by Gasteiger charge is -2.20. The van der Waals surface area contributed by atoms with Crippen molar-refractivity contribution >= 4 is 23.7 Å². The molecule has 9 heteroatoms. The molecule has 0 spiro atoms. The molecule has 1 aromatic carbocycles. The summed E-state index contributed by atoms with van der Waals surface area (Å²) in [4.78, 5) is 23.8. The molecule has 0 unspecified atom stereocenters. The van der Waals surface area contributed by atoms with Gasteiger partial charge in [-0.3, -0.25) is 14.7 Å². The zero-order chi connectivity index (χ0) is 20.7. The molecule has 0 radical (unpaired) electrons. The summed E-state index contributed by atoms with van der Waals surface area (Å²) < 4.78 is 7.04. The summed E-state index contributed by atoms with van der Waals surface area (Å²) >= 11 is 1.20. The Bertz CT molecular complexity index is 840. The Morgan fingerprint density at radius 3 is 2.50 bits per heavy atom. The molecule has 0 atom stereocenters. The van der Waals surface area contributed by atoms with E-state index < -0.39 is 17.5 Å². The van der Waals surface area contributed by atoms with Crippen LogP contribution in [-0.4, -0.2) is 45.1 Å². The van der Waals surface area contributed by atoms with Crippen LogP contribution >= 0.6 is 11.8 Å². The molecule has 150 valence electrons. The van der Waals surface area contributed by atoms with E-state index in [1.165, 1.54) is 11.8 Å². The molecule has 0 aliphatic carbocycles. The molecule has 0 fully saturated rings. The predicted molar refractivity (Wildman–Crippen MR) is 109 cm³/mol. The van der Waals surface area contributed by atoms with Crippen molar-refractivity contribution in [2.75, 3.05) is 12.9 Å². The Morgan fingerprint density at radius 2 is 1.93 bits per heavy atom. The van der Waals surface area contributed by atoms with E-state index >= 15 is 0 Å². The van der Waals surface area contributed by atoms with Gasteiger partial charge >= 0.3 is 6.03 Å². The van der Waals surface area contributed by atoms with Crippen molar-refractivity contribution in [3.63, 3.8) is 0 Å². The first-order valence-electron chi connectivity index (χ1n) is 8.67. The summed E-state index contributed by atoms with van der Waals surface area (Å²) in [7, 11) is 1.61. The maximum absolute atomic E-state index is 12.0. The average molecular weight is 404 g/mol. The number of ether oxygens (including phenoxy) is 1. The highest BCUT2D eigenvalue weighted by Gasteiger charge is 2.18. The number of thioether (sulfide) groups is 1. The van der Waals surface area contributed by atoms with Crippen molar-refractivity contribution in [2.45, 2.75) is 38.0 Å². The number of nitrogens with one attached hydrogen (secondary N) is 2. The number of imide groups is 1. The molecule has 0 bridgehead atoms. The van der Waals surface area contributed by atoms with Crippen LogP contribution in [-0.2, 0) is 11.3 Å². The molecule has 0 saturated heterocycles. The standard InChI is InChI=1S/C19H25N5O3S/c1-6-11-24-16(13-7-9-14(27-5)10-8-13)22-23-18(24)28-12-15(25)20-17(26)21-19(2,3)4/h6-10H,1,11-12H2,2-5H3,(H2,20,21,25,26). The number of hydrogen-bond donors (Lipinski definition) is 2. The van der Waals surface area contributed by atoms with E-state index in [0.717, 1.165) is 11.3 Å². The van der Waals surface area contributed by atoms with Crippen LogP contribution in [0.25, 0.3) is 11.4 Å². The van der Waals surface area contributed by atoms with Crippen molar-refractivity contribution < 1.29 is 14.3 Å². The van der Waals surface area contributed by atoms with Gasteiger partial charge in [0, 0.05) is 17.6 Å². The summed E-state index contributed by atoms with van der Waals surface area (Å²) in [5.41, 5.74) is 0.450. The molecule has 0 saturated carbocycles. The Balaban J connectivity index is 2.07. The fourth-order valence-electron chi connectivity index (χ4n) is 2.31. The molecular formula is C19H25N5O3S. The van der Waals surface area contributed by atoms with Crippen LogP contribution in [0.3, 0.4) is 0 Å². The second-order valence-corrected chi connectivity index (χ2v) is 7.92. The van der Waals surface area contributed by atoms with Crippen LogP contribution in [0.1, 0.15) is 20.8 Å². The number of carbonyl (C=O) groups is 2. The van der Waals surface area contributed by atoms with Crippen LogP contribution in [0.4, 0.5) is 4.79 Å². The highest BCUT2D eigenvalue weighted by molar-refractivity contribution is 7.99. The van der Waals surface area contributed by atoms with Gasteiger partial charge in [0.1, 0.15) is 5.75 Å². The molecule has 8 nitrogen and oxygen atoms in total. The third kappa shape index (κ3) is 6.12. The van der Waals surface area contributed by atoms with Gasteiger partial charge in [0.2, 0.25) is 5.91 Å². The van der Waals surface area contributed by atoms with Crippen LogP contribution in [0.5, 0.6) is 5.75 Å². The van der Waals surface area contributed by atoms with Gasteiger partial charge in [-0.15, -0.1) is 16.8 Å². The normalized spacial score (nSPS) is 11.0. The first kappa shape index (κ1) is 21.5. The molecule has 2 N–H and O–H groups in total. The van der Waals surface area contributed by atoms with Crippen LogP contribution in [0.2, 0.25) is 0 Å². The zero-order valence-corrected chi connectivity index (χ0v) is 17.3. The molecule has 3 amide bonds. The van der Waals surface area contributed by atoms with E-state index in [2.05, 4.69) is 27.4 Å². The molecule has 1 aromatic heterocycles. The van der Waals surface area contributed by atoms with Crippen molar-refractivity contribution in [3.8, 4) is 17.1 Å². The molecule has 1 heterocycles. The Morgan fingerprint density at radius 1 is 1.25 bits per heavy atom. The number of hydrogen-bond acceptors (Lipinski definition) is 6. The minimum Gasteiger partial charge on any atom is -0.497 e. The second-order valence-electron chi connectivity index (χ2n) is 6.97. The number of benzene rings is 1. The number of amides is 3. The largest absolute Gasteiger partial charge is 0.497 e. The third-order valence-corrected chi connectivity index (χ3v) is 4.42. The summed E-state index contributed by atoms with van der Waals surface area (Å²) in [5.74, 6) is 1.04. The van der Waals surface area contributed by atoms with Gasteiger partial charge in [-0.05, 0) is 45.0 Å². The van der Waals surface area contributed by atoms with E-state index in [1.807, 2.05) is 49.6 Å². The van der Waals surface area contributed by atoms with Gasteiger partial charge in [0.15, 0.2) is 11.0 Å². The molecular weight excluding hydrogens is 378 g/mol. The van der Waals surface area contributed by atoms with Crippen LogP contribution in [0, 0.1) is 0 Å². The fraction of sp³-hybridized carbons (Fsp3) is 0.368. The number of rotatable bonds is 7. The van der Waals surface area contributed by atoms with Crippen molar-refractivity contribution in [1.29, 1.82) is 0 Å². The monoisotopic (exact) mass is 403 g/mol. The van der Waals surface area contributed by atoms with Crippen LogP contribution in [0.15, 0.2) is 42.1 Å². The summed E-state index contributed by atoms with van der Waals surface area (Å²) in [6, 6.07) is 6.94. The number of urea groups is 1. The van der Waals surface area contributed by atoms with Gasteiger partial charge in [-0.2, -0.15) is 0 Å². The van der Waals surface area contributed by atoms with Gasteiger partial charge in [-0.1, -0.05) is 17.8 Å². The minimum atomic E-state index is -0.524. The smallest absolute Gasteiger partial charge is 0.321 e. The van der Waals surface area contributed by atoms with E-state index in [4.69, 9.17) is 4.74 Å². The molecule has 28 heavy (non-hydrogen) atoms. The zero-order valence-electron chi connectivity index (χ0n) is 16.5. The summed E-state index contributed by atoms with van der Waals surface area (Å²) in [6.45, 7) is 9.77. The molecule has 2 aromatic rings. The van der Waals surface area contributed by atoms with Crippen molar-refractivity contribution in [3.05, 3.63) is 36.9 Å². The number of aromatic nitrogens is 3. The van der Waals surface area contributed by atoms with Crippen LogP contribution < -0.4 is 15.4 Å². The lowest BCUT2D eigenvalue weighted by Crippen LogP contribution is -2.48. The Hall–Kier alpha value is -2.81. The second kappa shape index (κ2) is 9.41. The highest BCUT2D eigenvalue weighted by Crippen LogP contribution is 2.25. The first-order chi connectivity index (χ1) is 13.2. The van der Waals surface area contributed by atoms with E-state index in [-0.39, 0.29) is 5.75 Å². The quantitative estimate of drug-likeness (QED) is 0.545. The molecule has 0 aliphatic heterocycles. The maximum atomic E-state index is 12.0. The Kier molecular flexibility index (Phi) is 7.22. The van der Waals surface area contributed by atoms with E-state index in [1.54, 1.807) is 13.2 Å². The maximum Gasteiger partial charge on any atom is 0.321 e. The number of carbonyl (C=O) groups excluding carboxylic acids is 2. The molecule has 0 aliphatic rings. The number of allylic oxidation sites excluding steroid dienone is 1. The van der Waals surface area contributed by atoms with Gasteiger partial charge in [-0.25, -0.2) is 4.79 Å². The van der Waals surface area contributed by atoms with Crippen molar-refractivity contribution in [2.24, 2.45) is 0 Å². The SMILES string of the molecule is C=CCn1c(SCC(=O)NC(=O)NC(C)(C)C)nnc1-c1ccc(OC)cc1. The predicted octanol–water partition coefficient (Wildman–Crippen LogP) is 2.86. The Labute approximate surface area is 168 Å². The fourth-order valence-corrected chi connectivity index (χ4v) is 3.06. The highest BCUT2D eigenvalue weighted by atomic mass is 32.2. The van der Waals surface area contributed by atoms with Gasteiger partial charge in [0.05, 0.1) is 12.9 Å². The van der Waals surface area contributed by atoms with E-state index in [9.17, 15) is 9.59 Å².